The van der Waals surface area contributed by atoms with Gasteiger partial charge in [0.05, 0.1) is 0 Å². The van der Waals surface area contributed by atoms with Crippen molar-refractivity contribution in [2.75, 3.05) is 0 Å². The highest BCUT2D eigenvalue weighted by Gasteiger charge is 2.27. The van der Waals surface area contributed by atoms with Gasteiger partial charge in [0.15, 0.2) is 17.5 Å². The molecular weight excluding hydrogens is 751 g/mol. The third kappa shape index (κ3) is 5.06. The van der Waals surface area contributed by atoms with Gasteiger partial charge < -0.3 is 4.42 Å². The highest BCUT2D eigenvalue weighted by molar-refractivity contribution is 7.26. The molecule has 1 aliphatic rings. The van der Waals surface area contributed by atoms with E-state index in [1.165, 1.54) is 58.6 Å². The summed E-state index contributed by atoms with van der Waals surface area (Å²) >= 11 is 1.79. The van der Waals surface area contributed by atoms with Gasteiger partial charge >= 0.3 is 0 Å². The van der Waals surface area contributed by atoms with Crippen molar-refractivity contribution < 1.29 is 4.42 Å². The number of aromatic nitrogens is 3. The number of thiophene rings is 1. The van der Waals surface area contributed by atoms with Crippen LogP contribution in [0.2, 0.25) is 0 Å². The molecule has 60 heavy (non-hydrogen) atoms. The van der Waals surface area contributed by atoms with Crippen LogP contribution in [-0.4, -0.2) is 15.0 Å². The molecule has 278 valence electrons. The lowest BCUT2D eigenvalue weighted by Gasteiger charge is -2.12. The maximum Gasteiger partial charge on any atom is 0.165 e. The normalized spacial score (nSPS) is 12.0. The van der Waals surface area contributed by atoms with E-state index in [1.807, 2.05) is 12.1 Å². The first-order valence-electron chi connectivity index (χ1n) is 20.2. The molecule has 12 aromatic rings. The van der Waals surface area contributed by atoms with Gasteiger partial charge in [0.1, 0.15) is 11.2 Å². The number of rotatable bonds is 5. The summed E-state index contributed by atoms with van der Waals surface area (Å²) in [4.78, 5) is 15.7. The largest absolute Gasteiger partial charge is 0.456 e. The Balaban J connectivity index is 0.985. The van der Waals surface area contributed by atoms with Crippen LogP contribution in [0.3, 0.4) is 0 Å². The Hall–Kier alpha value is -7.73. The van der Waals surface area contributed by atoms with Crippen molar-refractivity contribution in [2.45, 2.75) is 0 Å². The Morgan fingerprint density at radius 1 is 0.350 bits per heavy atom. The van der Waals surface area contributed by atoms with Crippen molar-refractivity contribution in [1.82, 2.24) is 15.0 Å². The predicted molar refractivity (Wildman–Crippen MR) is 249 cm³/mol. The smallest absolute Gasteiger partial charge is 0.165 e. The molecule has 0 saturated heterocycles. The van der Waals surface area contributed by atoms with Crippen molar-refractivity contribution >= 4 is 64.2 Å². The van der Waals surface area contributed by atoms with E-state index >= 15 is 0 Å². The van der Waals surface area contributed by atoms with E-state index < -0.39 is 0 Å². The summed E-state index contributed by atoms with van der Waals surface area (Å²) < 4.78 is 8.75. The minimum Gasteiger partial charge on any atom is -0.456 e. The molecule has 0 fully saturated rings. The van der Waals surface area contributed by atoms with E-state index in [-0.39, 0.29) is 0 Å². The molecule has 9 aromatic carbocycles. The minimum absolute atomic E-state index is 0.632. The van der Waals surface area contributed by atoms with Crippen LogP contribution in [-0.2, 0) is 0 Å². The summed E-state index contributed by atoms with van der Waals surface area (Å²) in [6.45, 7) is 0. The van der Waals surface area contributed by atoms with Gasteiger partial charge in [-0.15, -0.1) is 11.3 Å². The van der Waals surface area contributed by atoms with Gasteiger partial charge in [-0.05, 0) is 104 Å². The third-order valence-corrected chi connectivity index (χ3v) is 13.3. The second kappa shape index (κ2) is 12.9. The summed E-state index contributed by atoms with van der Waals surface area (Å²) in [6, 6.07) is 66.7. The van der Waals surface area contributed by atoms with Gasteiger partial charge in [-0.1, -0.05) is 133 Å². The SMILES string of the molecule is c1ccc(-c2cccc(-c3nc(-c4cccc(-c5cc6c7c(cccc7c5)-c5c-6ccc6oc7ccccc7c56)c4)nc(-c4cccc5c4sc4ccccc45)n3)c2)cc1. The van der Waals surface area contributed by atoms with Crippen LogP contribution in [0.4, 0.5) is 0 Å². The van der Waals surface area contributed by atoms with Gasteiger partial charge in [0, 0.05) is 53.2 Å². The van der Waals surface area contributed by atoms with Crippen LogP contribution >= 0.6 is 11.3 Å². The zero-order chi connectivity index (χ0) is 39.3. The Labute approximate surface area is 348 Å². The fourth-order valence-corrected chi connectivity index (χ4v) is 10.5. The molecule has 0 radical (unpaired) electrons. The van der Waals surface area contributed by atoms with Crippen LogP contribution < -0.4 is 0 Å². The first-order chi connectivity index (χ1) is 29.7. The summed E-state index contributed by atoms with van der Waals surface area (Å²) in [5.41, 5.74) is 14.2. The summed E-state index contributed by atoms with van der Waals surface area (Å²) in [5.74, 6) is 1.92. The van der Waals surface area contributed by atoms with Gasteiger partial charge in [-0.2, -0.15) is 0 Å². The maximum absolute atomic E-state index is 6.34. The topological polar surface area (TPSA) is 51.8 Å². The number of furan rings is 1. The second-order valence-corrected chi connectivity index (χ2v) is 16.6. The summed E-state index contributed by atoms with van der Waals surface area (Å²) in [7, 11) is 0. The Morgan fingerprint density at radius 3 is 1.82 bits per heavy atom. The first kappa shape index (κ1) is 33.3. The molecule has 0 bridgehead atoms. The average Bonchev–Trinajstić information content (AvgIpc) is 3.99. The van der Waals surface area contributed by atoms with E-state index in [4.69, 9.17) is 19.4 Å². The number of nitrogens with zero attached hydrogens (tertiary/aromatic N) is 3. The van der Waals surface area contributed by atoms with Crippen molar-refractivity contribution in [3.05, 3.63) is 188 Å². The van der Waals surface area contributed by atoms with E-state index in [2.05, 4.69) is 176 Å². The van der Waals surface area contributed by atoms with E-state index in [0.717, 1.165) is 55.5 Å². The lowest BCUT2D eigenvalue weighted by atomic mass is 9.95. The second-order valence-electron chi connectivity index (χ2n) is 15.5. The molecule has 5 heteroatoms. The molecule has 0 N–H and O–H groups in total. The number of hydrogen-bond acceptors (Lipinski definition) is 5. The lowest BCUT2D eigenvalue weighted by Crippen LogP contribution is -2.00. The van der Waals surface area contributed by atoms with E-state index in [0.29, 0.717) is 17.5 Å². The molecule has 13 rings (SSSR count). The van der Waals surface area contributed by atoms with E-state index in [9.17, 15) is 0 Å². The fourth-order valence-electron chi connectivity index (χ4n) is 9.32. The Bertz CT molecular complexity index is 3730. The van der Waals surface area contributed by atoms with Crippen molar-refractivity contribution in [3.8, 4) is 78.7 Å². The van der Waals surface area contributed by atoms with Crippen LogP contribution in [0.1, 0.15) is 0 Å². The highest BCUT2D eigenvalue weighted by atomic mass is 32.1. The molecule has 3 heterocycles. The quantitative estimate of drug-likeness (QED) is 0.174. The third-order valence-electron chi connectivity index (χ3n) is 12.0. The molecular formula is C55H31N3OS. The number of hydrogen-bond donors (Lipinski definition) is 0. The van der Waals surface area contributed by atoms with Crippen LogP contribution in [0.15, 0.2) is 192 Å². The molecule has 0 amide bonds. The molecule has 0 unspecified atom stereocenters. The first-order valence-corrected chi connectivity index (χ1v) is 21.0. The number of para-hydroxylation sites is 1. The Morgan fingerprint density at radius 2 is 0.983 bits per heavy atom. The zero-order valence-electron chi connectivity index (χ0n) is 32.1. The minimum atomic E-state index is 0.632. The summed E-state index contributed by atoms with van der Waals surface area (Å²) in [5, 5.41) is 7.27. The van der Waals surface area contributed by atoms with Crippen molar-refractivity contribution in [2.24, 2.45) is 0 Å². The molecule has 0 aliphatic heterocycles. The zero-order valence-corrected chi connectivity index (χ0v) is 32.9. The van der Waals surface area contributed by atoms with Gasteiger partial charge in [0.25, 0.3) is 0 Å². The molecule has 4 nitrogen and oxygen atoms in total. The average molecular weight is 782 g/mol. The van der Waals surface area contributed by atoms with Crippen molar-refractivity contribution in [1.29, 1.82) is 0 Å². The monoisotopic (exact) mass is 781 g/mol. The number of benzene rings is 9. The molecule has 0 spiro atoms. The predicted octanol–water partition coefficient (Wildman–Crippen LogP) is 15.3. The maximum atomic E-state index is 6.34. The fraction of sp³-hybridized carbons (Fsp3) is 0. The molecule has 1 aliphatic carbocycles. The van der Waals surface area contributed by atoms with Gasteiger partial charge in [-0.3, -0.25) is 0 Å². The number of fused-ring (bicyclic) bond motifs is 10. The van der Waals surface area contributed by atoms with Crippen LogP contribution in [0, 0.1) is 0 Å². The van der Waals surface area contributed by atoms with Crippen LogP contribution in [0.5, 0.6) is 0 Å². The van der Waals surface area contributed by atoms with Gasteiger partial charge in [-0.25, -0.2) is 15.0 Å². The van der Waals surface area contributed by atoms with E-state index in [1.54, 1.807) is 11.3 Å². The van der Waals surface area contributed by atoms with Gasteiger partial charge in [0.2, 0.25) is 0 Å². The Kier molecular flexibility index (Phi) is 7.14. The van der Waals surface area contributed by atoms with Crippen molar-refractivity contribution in [3.63, 3.8) is 0 Å². The van der Waals surface area contributed by atoms with Crippen LogP contribution in [0.25, 0.3) is 132 Å². The molecule has 0 atom stereocenters. The summed E-state index contributed by atoms with van der Waals surface area (Å²) in [6.07, 6.45) is 0. The lowest BCUT2D eigenvalue weighted by molar-refractivity contribution is 0.669. The molecule has 3 aromatic heterocycles. The highest BCUT2D eigenvalue weighted by Crippen LogP contribution is 2.53. The molecule has 0 saturated carbocycles. The standard InChI is InChI=1S/C55H31N3OS/c1-2-12-32(13-3-1)33-14-8-17-36(28-33)53-56-54(58-55(57-53)44-23-11-21-41-39-19-5-7-25-48(39)60-52(41)44)37-18-9-15-34(29-37)38-30-35-16-10-22-43-49(35)45(31-38)40-26-27-47-51(50(40)43)42-20-4-6-24-46(42)59-47/h1-31H.